The Balaban J connectivity index is 2.03. The number of rotatable bonds is 7. The first-order valence-corrected chi connectivity index (χ1v) is 7.53. The SMILES string of the molecule is CCNCCCc1ncc(-c2ccc(OC)c(Br)c2)o1. The van der Waals surface area contributed by atoms with Gasteiger partial charge in [-0.2, -0.15) is 0 Å². The number of ether oxygens (including phenoxy) is 1. The Morgan fingerprint density at radius 3 is 2.95 bits per heavy atom. The normalized spacial score (nSPS) is 10.8. The van der Waals surface area contributed by atoms with Crippen molar-refractivity contribution < 1.29 is 9.15 Å². The van der Waals surface area contributed by atoms with Crippen LogP contribution in [0.4, 0.5) is 0 Å². The maximum Gasteiger partial charge on any atom is 0.194 e. The second kappa shape index (κ2) is 7.45. The predicted molar refractivity (Wildman–Crippen MR) is 83.1 cm³/mol. The van der Waals surface area contributed by atoms with Gasteiger partial charge in [0.25, 0.3) is 0 Å². The molecule has 2 aromatic rings. The van der Waals surface area contributed by atoms with Crippen molar-refractivity contribution in [1.82, 2.24) is 10.3 Å². The maximum atomic E-state index is 5.78. The van der Waals surface area contributed by atoms with Gasteiger partial charge in [0, 0.05) is 12.0 Å². The average molecular weight is 339 g/mol. The van der Waals surface area contributed by atoms with Crippen LogP contribution in [-0.4, -0.2) is 25.2 Å². The second-order valence-corrected chi connectivity index (χ2v) is 5.28. The Kier molecular flexibility index (Phi) is 5.61. The van der Waals surface area contributed by atoms with Crippen molar-refractivity contribution in [2.45, 2.75) is 19.8 Å². The molecule has 0 unspecified atom stereocenters. The smallest absolute Gasteiger partial charge is 0.194 e. The molecule has 0 radical (unpaired) electrons. The van der Waals surface area contributed by atoms with Gasteiger partial charge in [0.1, 0.15) is 5.75 Å². The number of benzene rings is 1. The molecule has 0 aliphatic rings. The van der Waals surface area contributed by atoms with Crippen molar-refractivity contribution >= 4 is 15.9 Å². The monoisotopic (exact) mass is 338 g/mol. The van der Waals surface area contributed by atoms with Gasteiger partial charge in [0.15, 0.2) is 11.7 Å². The van der Waals surface area contributed by atoms with Crippen LogP contribution in [0.15, 0.2) is 33.3 Å². The molecule has 4 nitrogen and oxygen atoms in total. The zero-order valence-corrected chi connectivity index (χ0v) is 13.4. The van der Waals surface area contributed by atoms with Crippen LogP contribution in [0, 0.1) is 0 Å². The van der Waals surface area contributed by atoms with E-state index in [2.05, 4.69) is 33.2 Å². The quantitative estimate of drug-likeness (QED) is 0.782. The van der Waals surface area contributed by atoms with Crippen molar-refractivity contribution in [2.75, 3.05) is 20.2 Å². The summed E-state index contributed by atoms with van der Waals surface area (Å²) in [4.78, 5) is 4.32. The van der Waals surface area contributed by atoms with Crippen LogP contribution in [0.25, 0.3) is 11.3 Å². The van der Waals surface area contributed by atoms with Crippen molar-refractivity contribution in [3.05, 3.63) is 34.8 Å². The summed E-state index contributed by atoms with van der Waals surface area (Å²) in [6.07, 6.45) is 3.65. The molecule has 0 aliphatic carbocycles. The Morgan fingerprint density at radius 2 is 2.25 bits per heavy atom. The Hall–Kier alpha value is -1.33. The van der Waals surface area contributed by atoms with E-state index in [0.29, 0.717) is 0 Å². The van der Waals surface area contributed by atoms with Crippen molar-refractivity contribution in [3.63, 3.8) is 0 Å². The largest absolute Gasteiger partial charge is 0.496 e. The van der Waals surface area contributed by atoms with Crippen LogP contribution in [-0.2, 0) is 6.42 Å². The third-order valence-electron chi connectivity index (χ3n) is 2.98. The van der Waals surface area contributed by atoms with Crippen LogP contribution < -0.4 is 10.1 Å². The average Bonchev–Trinajstić information content (AvgIpc) is 2.92. The molecular weight excluding hydrogens is 320 g/mol. The van der Waals surface area contributed by atoms with E-state index in [4.69, 9.17) is 9.15 Å². The highest BCUT2D eigenvalue weighted by Gasteiger charge is 2.08. The zero-order valence-electron chi connectivity index (χ0n) is 11.8. The van der Waals surface area contributed by atoms with Gasteiger partial charge in [-0.05, 0) is 53.6 Å². The summed E-state index contributed by atoms with van der Waals surface area (Å²) in [5.74, 6) is 2.37. The van der Waals surface area contributed by atoms with E-state index in [9.17, 15) is 0 Å². The maximum absolute atomic E-state index is 5.78. The molecule has 5 heteroatoms. The van der Waals surface area contributed by atoms with Crippen molar-refractivity contribution in [2.24, 2.45) is 0 Å². The van der Waals surface area contributed by atoms with Gasteiger partial charge in [-0.3, -0.25) is 0 Å². The van der Waals surface area contributed by atoms with Crippen LogP contribution in [0.1, 0.15) is 19.2 Å². The molecule has 0 fully saturated rings. The predicted octanol–water partition coefficient (Wildman–Crippen LogP) is 3.65. The minimum Gasteiger partial charge on any atom is -0.496 e. The molecule has 0 amide bonds. The fourth-order valence-electron chi connectivity index (χ4n) is 1.92. The molecule has 0 atom stereocenters. The summed E-state index contributed by atoms with van der Waals surface area (Å²) in [6, 6.07) is 5.85. The summed E-state index contributed by atoms with van der Waals surface area (Å²) in [6.45, 7) is 4.09. The van der Waals surface area contributed by atoms with E-state index in [1.807, 2.05) is 18.2 Å². The van der Waals surface area contributed by atoms with E-state index in [0.717, 1.165) is 53.4 Å². The lowest BCUT2D eigenvalue weighted by molar-refractivity contribution is 0.412. The lowest BCUT2D eigenvalue weighted by Crippen LogP contribution is -2.14. The number of nitrogens with one attached hydrogen (secondary N) is 1. The lowest BCUT2D eigenvalue weighted by atomic mass is 10.2. The summed E-state index contributed by atoms with van der Waals surface area (Å²) in [5.41, 5.74) is 0.989. The van der Waals surface area contributed by atoms with Gasteiger partial charge < -0.3 is 14.5 Å². The standard InChI is InChI=1S/C15H19BrN2O2/c1-3-17-8-4-5-15-18-10-14(20-15)11-6-7-13(19-2)12(16)9-11/h6-7,9-10,17H,3-5,8H2,1-2H3. The molecule has 1 N–H and O–H groups in total. The van der Waals surface area contributed by atoms with Gasteiger partial charge in [-0.1, -0.05) is 6.92 Å². The number of methoxy groups -OCH3 is 1. The van der Waals surface area contributed by atoms with Gasteiger partial charge >= 0.3 is 0 Å². The number of hydrogen-bond donors (Lipinski definition) is 1. The summed E-state index contributed by atoms with van der Waals surface area (Å²) in [5, 5.41) is 3.29. The highest BCUT2D eigenvalue weighted by molar-refractivity contribution is 9.10. The fourth-order valence-corrected chi connectivity index (χ4v) is 2.46. The number of aromatic nitrogens is 1. The highest BCUT2D eigenvalue weighted by atomic mass is 79.9. The first kappa shape index (κ1) is 15.1. The summed E-state index contributed by atoms with van der Waals surface area (Å²) in [7, 11) is 1.65. The molecular formula is C15H19BrN2O2. The highest BCUT2D eigenvalue weighted by Crippen LogP contribution is 2.30. The first-order chi connectivity index (χ1) is 9.74. The Labute approximate surface area is 127 Å². The minimum absolute atomic E-state index is 0.782. The molecule has 20 heavy (non-hydrogen) atoms. The third-order valence-corrected chi connectivity index (χ3v) is 3.60. The molecule has 1 heterocycles. The second-order valence-electron chi connectivity index (χ2n) is 4.42. The molecule has 2 rings (SSSR count). The molecule has 108 valence electrons. The third kappa shape index (κ3) is 3.84. The van der Waals surface area contributed by atoms with Gasteiger partial charge in [0.2, 0.25) is 0 Å². The van der Waals surface area contributed by atoms with Crippen LogP contribution in [0.2, 0.25) is 0 Å². The van der Waals surface area contributed by atoms with E-state index >= 15 is 0 Å². The first-order valence-electron chi connectivity index (χ1n) is 6.74. The summed E-state index contributed by atoms with van der Waals surface area (Å²) >= 11 is 3.48. The van der Waals surface area contributed by atoms with Gasteiger partial charge in [-0.15, -0.1) is 0 Å². The van der Waals surface area contributed by atoms with Gasteiger partial charge in [0.05, 0.1) is 17.8 Å². The molecule has 0 saturated heterocycles. The number of oxazole rings is 1. The molecule has 0 spiro atoms. The number of hydrogen-bond acceptors (Lipinski definition) is 4. The number of aryl methyl sites for hydroxylation is 1. The Bertz CT molecular complexity index is 555. The Morgan fingerprint density at radius 1 is 1.40 bits per heavy atom. The van der Waals surface area contributed by atoms with E-state index in [-0.39, 0.29) is 0 Å². The van der Waals surface area contributed by atoms with Crippen LogP contribution >= 0.6 is 15.9 Å². The van der Waals surface area contributed by atoms with Crippen LogP contribution in [0.5, 0.6) is 5.75 Å². The number of halogens is 1. The molecule has 1 aromatic carbocycles. The molecule has 1 aromatic heterocycles. The van der Waals surface area contributed by atoms with Crippen molar-refractivity contribution in [1.29, 1.82) is 0 Å². The zero-order chi connectivity index (χ0) is 14.4. The van der Waals surface area contributed by atoms with Crippen LogP contribution in [0.3, 0.4) is 0 Å². The molecule has 0 saturated carbocycles. The number of nitrogens with zero attached hydrogens (tertiary/aromatic N) is 1. The topological polar surface area (TPSA) is 47.3 Å². The minimum atomic E-state index is 0.782. The van der Waals surface area contributed by atoms with Crippen molar-refractivity contribution in [3.8, 4) is 17.1 Å². The van der Waals surface area contributed by atoms with Gasteiger partial charge in [-0.25, -0.2) is 4.98 Å². The fraction of sp³-hybridized carbons (Fsp3) is 0.400. The van der Waals surface area contributed by atoms with E-state index in [1.165, 1.54) is 0 Å². The molecule has 0 bridgehead atoms. The molecule has 0 aliphatic heterocycles. The van der Waals surface area contributed by atoms with E-state index < -0.39 is 0 Å². The van der Waals surface area contributed by atoms with E-state index in [1.54, 1.807) is 13.3 Å². The lowest BCUT2D eigenvalue weighted by Gasteiger charge is -2.04. The summed E-state index contributed by atoms with van der Waals surface area (Å²) < 4.78 is 11.9.